The number of carbonyl (C=O) groups is 1. The minimum Gasteiger partial charge on any atom is -0.485 e. The van der Waals surface area contributed by atoms with Gasteiger partial charge in [0.25, 0.3) is 0 Å². The molecule has 0 fully saturated rings. The van der Waals surface area contributed by atoms with Gasteiger partial charge in [-0.2, -0.15) is 13.2 Å². The number of thiazole rings is 1. The van der Waals surface area contributed by atoms with Crippen molar-refractivity contribution in [1.82, 2.24) is 4.98 Å². The molecule has 3 nitrogen and oxygen atoms in total. The summed E-state index contributed by atoms with van der Waals surface area (Å²) >= 11 is 5.98. The number of halogens is 4. The molecule has 0 aliphatic rings. The third-order valence-corrected chi connectivity index (χ3v) is 3.54. The van der Waals surface area contributed by atoms with E-state index in [1.807, 2.05) is 0 Å². The van der Waals surface area contributed by atoms with Crippen molar-refractivity contribution in [3.8, 4) is 5.75 Å². The van der Waals surface area contributed by atoms with Gasteiger partial charge in [0.15, 0.2) is 11.6 Å². The highest BCUT2D eigenvalue weighted by atomic mass is 35.5. The lowest BCUT2D eigenvalue weighted by Gasteiger charge is -2.04. The zero-order valence-electron chi connectivity index (χ0n) is 9.78. The number of hydrogen-bond donors (Lipinski definition) is 0. The molecule has 1 aromatic carbocycles. The smallest absolute Gasteiger partial charge is 0.443 e. The first-order valence-electron chi connectivity index (χ1n) is 5.31. The molecule has 0 radical (unpaired) electrons. The summed E-state index contributed by atoms with van der Waals surface area (Å²) in [7, 11) is 0. The number of ketones is 1. The van der Waals surface area contributed by atoms with Crippen molar-refractivity contribution in [2.24, 2.45) is 0 Å². The first kappa shape index (κ1) is 14.8. The van der Waals surface area contributed by atoms with Crippen LogP contribution in [0.4, 0.5) is 13.2 Å². The van der Waals surface area contributed by atoms with Crippen LogP contribution in [0.2, 0.25) is 5.02 Å². The Morgan fingerprint density at radius 3 is 2.50 bits per heavy atom. The molecule has 0 bridgehead atoms. The molecule has 20 heavy (non-hydrogen) atoms. The Bertz CT molecular complexity index is 610. The van der Waals surface area contributed by atoms with Gasteiger partial charge in [0.05, 0.1) is 4.88 Å². The van der Waals surface area contributed by atoms with Gasteiger partial charge in [-0.15, -0.1) is 11.3 Å². The molecule has 8 heteroatoms. The van der Waals surface area contributed by atoms with Gasteiger partial charge in [-0.05, 0) is 24.3 Å². The third kappa shape index (κ3) is 3.71. The van der Waals surface area contributed by atoms with E-state index in [4.69, 9.17) is 16.3 Å². The first-order valence-corrected chi connectivity index (χ1v) is 6.50. The fourth-order valence-electron chi connectivity index (χ4n) is 1.28. The van der Waals surface area contributed by atoms with Crippen LogP contribution >= 0.6 is 22.9 Å². The van der Waals surface area contributed by atoms with Crippen molar-refractivity contribution in [2.75, 3.05) is 6.61 Å². The van der Waals surface area contributed by atoms with Crippen molar-refractivity contribution in [1.29, 1.82) is 0 Å². The molecule has 0 unspecified atom stereocenters. The molecule has 0 saturated carbocycles. The van der Waals surface area contributed by atoms with Crippen LogP contribution in [-0.4, -0.2) is 17.4 Å². The van der Waals surface area contributed by atoms with Crippen LogP contribution in [-0.2, 0) is 6.18 Å². The molecule has 0 aliphatic carbocycles. The standard InChI is InChI=1S/C12H7ClF3NO2S/c13-7-1-3-8(4-2-7)19-6-9(18)10-5-17-11(20-10)12(14,15)16/h1-5H,6H2. The predicted molar refractivity (Wildman–Crippen MR) is 68.4 cm³/mol. The molecule has 106 valence electrons. The quantitative estimate of drug-likeness (QED) is 0.797. The maximum Gasteiger partial charge on any atom is 0.443 e. The van der Waals surface area contributed by atoms with Crippen LogP contribution in [0.15, 0.2) is 30.5 Å². The van der Waals surface area contributed by atoms with Gasteiger partial charge in [-0.3, -0.25) is 4.79 Å². The number of nitrogens with zero attached hydrogens (tertiary/aromatic N) is 1. The predicted octanol–water partition coefficient (Wildman–Crippen LogP) is 4.08. The molecule has 0 amide bonds. The Hall–Kier alpha value is -1.60. The zero-order valence-corrected chi connectivity index (χ0v) is 11.4. The normalized spacial score (nSPS) is 11.4. The Kier molecular flexibility index (Phi) is 4.29. The summed E-state index contributed by atoms with van der Waals surface area (Å²) in [5, 5.41) is -0.534. The second-order valence-corrected chi connectivity index (χ2v) is 5.16. The van der Waals surface area contributed by atoms with Crippen molar-refractivity contribution in [2.45, 2.75) is 6.18 Å². The summed E-state index contributed by atoms with van der Waals surface area (Å²) in [6.07, 6.45) is -3.64. The van der Waals surface area contributed by atoms with E-state index in [1.54, 1.807) is 24.3 Å². The molecule has 0 N–H and O–H groups in total. The van der Waals surface area contributed by atoms with Crippen LogP contribution in [0.3, 0.4) is 0 Å². The third-order valence-electron chi connectivity index (χ3n) is 2.21. The van der Waals surface area contributed by atoms with Gasteiger partial charge >= 0.3 is 6.18 Å². The highest BCUT2D eigenvalue weighted by Gasteiger charge is 2.35. The van der Waals surface area contributed by atoms with Gasteiger partial charge in [-0.1, -0.05) is 11.6 Å². The molecule has 1 heterocycles. The molecule has 2 aromatic rings. The van der Waals surface area contributed by atoms with Gasteiger partial charge in [0.1, 0.15) is 5.75 Å². The minimum atomic E-state index is -4.54. The average molecular weight is 322 g/mol. The Morgan fingerprint density at radius 2 is 1.95 bits per heavy atom. The van der Waals surface area contributed by atoms with Crippen molar-refractivity contribution < 1.29 is 22.7 Å². The number of aromatic nitrogens is 1. The second kappa shape index (κ2) is 5.80. The first-order chi connectivity index (χ1) is 9.36. The number of rotatable bonds is 4. The number of carbonyl (C=O) groups excluding carboxylic acids is 1. The van der Waals surface area contributed by atoms with Crippen LogP contribution < -0.4 is 4.74 Å². The van der Waals surface area contributed by atoms with E-state index in [-0.39, 0.29) is 11.5 Å². The fraction of sp³-hybridized carbons (Fsp3) is 0.167. The van der Waals surface area contributed by atoms with E-state index in [0.717, 1.165) is 6.20 Å². The maximum atomic E-state index is 12.3. The molecule has 0 atom stereocenters. The molecule has 2 rings (SSSR count). The molecule has 0 saturated heterocycles. The van der Waals surface area contributed by atoms with E-state index < -0.39 is 17.0 Å². The van der Waals surface area contributed by atoms with Gasteiger partial charge in [0.2, 0.25) is 5.78 Å². The highest BCUT2D eigenvalue weighted by Crippen LogP contribution is 2.32. The summed E-state index contributed by atoms with van der Waals surface area (Å²) in [5.41, 5.74) is 0. The van der Waals surface area contributed by atoms with Gasteiger partial charge in [0, 0.05) is 11.2 Å². The summed E-state index contributed by atoms with van der Waals surface area (Å²) in [4.78, 5) is 14.8. The highest BCUT2D eigenvalue weighted by molar-refractivity contribution is 7.13. The van der Waals surface area contributed by atoms with Crippen LogP contribution in [0.5, 0.6) is 5.75 Å². The topological polar surface area (TPSA) is 39.2 Å². The van der Waals surface area contributed by atoms with E-state index in [9.17, 15) is 18.0 Å². The second-order valence-electron chi connectivity index (χ2n) is 3.69. The number of Topliss-reactive ketones (excluding diaryl/α,β-unsaturated/α-hetero) is 1. The van der Waals surface area contributed by atoms with E-state index >= 15 is 0 Å². The lowest BCUT2D eigenvalue weighted by atomic mass is 10.3. The van der Waals surface area contributed by atoms with Crippen LogP contribution in [0.25, 0.3) is 0 Å². The van der Waals surface area contributed by atoms with Crippen molar-refractivity contribution in [3.05, 3.63) is 45.4 Å². The van der Waals surface area contributed by atoms with Gasteiger partial charge in [-0.25, -0.2) is 4.98 Å². The number of ether oxygens (including phenoxy) is 1. The maximum absolute atomic E-state index is 12.3. The summed E-state index contributed by atoms with van der Waals surface area (Å²) in [6, 6.07) is 6.28. The Balaban J connectivity index is 1.98. The Morgan fingerprint density at radius 1 is 1.30 bits per heavy atom. The van der Waals surface area contributed by atoms with Crippen LogP contribution in [0, 0.1) is 0 Å². The number of benzene rings is 1. The lowest BCUT2D eigenvalue weighted by molar-refractivity contribution is -0.137. The molecule has 0 spiro atoms. The van der Waals surface area contributed by atoms with Crippen molar-refractivity contribution >= 4 is 28.7 Å². The largest absolute Gasteiger partial charge is 0.485 e. The SMILES string of the molecule is O=C(COc1ccc(Cl)cc1)c1cnc(C(F)(F)F)s1. The summed E-state index contributed by atoms with van der Waals surface area (Å²) < 4.78 is 42.2. The molecular formula is C12H7ClF3NO2S. The monoisotopic (exact) mass is 321 g/mol. The average Bonchev–Trinajstić information content (AvgIpc) is 2.87. The van der Waals surface area contributed by atoms with Gasteiger partial charge < -0.3 is 4.74 Å². The Labute approximate surface area is 121 Å². The van der Waals surface area contributed by atoms with E-state index in [1.165, 1.54) is 0 Å². The van der Waals surface area contributed by atoms with E-state index in [0.29, 0.717) is 22.1 Å². The minimum absolute atomic E-state index is 0.0914. The lowest BCUT2D eigenvalue weighted by Crippen LogP contribution is -2.10. The fourth-order valence-corrected chi connectivity index (χ4v) is 2.12. The molecule has 0 aliphatic heterocycles. The number of hydrogen-bond acceptors (Lipinski definition) is 4. The zero-order chi connectivity index (χ0) is 14.8. The molecular weight excluding hydrogens is 315 g/mol. The summed E-state index contributed by atoms with van der Waals surface area (Å²) in [5.74, 6) is -0.156. The van der Waals surface area contributed by atoms with Crippen molar-refractivity contribution in [3.63, 3.8) is 0 Å². The number of alkyl halides is 3. The molecule has 1 aromatic heterocycles. The van der Waals surface area contributed by atoms with E-state index in [2.05, 4.69) is 4.98 Å². The summed E-state index contributed by atoms with van der Waals surface area (Å²) in [6.45, 7) is -0.360. The van der Waals surface area contributed by atoms with Crippen LogP contribution in [0.1, 0.15) is 14.7 Å².